The Morgan fingerprint density at radius 1 is 1.00 bits per heavy atom. The van der Waals surface area contributed by atoms with Gasteiger partial charge in [-0.1, -0.05) is 30.3 Å². The Labute approximate surface area is 200 Å². The molecular formula is C26H23FN2O4S. The number of hydrogen-bond acceptors (Lipinski definition) is 7. The molecule has 174 valence electrons. The maximum Gasteiger partial charge on any atom is 0.336 e. The molecule has 2 heterocycles. The Morgan fingerprint density at radius 3 is 2.44 bits per heavy atom. The Bertz CT molecular complexity index is 1330. The summed E-state index contributed by atoms with van der Waals surface area (Å²) in [6.07, 6.45) is 0. The van der Waals surface area contributed by atoms with E-state index in [2.05, 4.69) is 9.98 Å². The molecule has 2 aromatic carbocycles. The number of aromatic nitrogens is 1. The second kappa shape index (κ2) is 9.69. The number of nitrogens with zero attached hydrogens (tertiary/aromatic N) is 2. The Morgan fingerprint density at radius 2 is 1.74 bits per heavy atom. The van der Waals surface area contributed by atoms with Gasteiger partial charge in [-0.05, 0) is 37.6 Å². The summed E-state index contributed by atoms with van der Waals surface area (Å²) in [4.78, 5) is 34.6. The molecule has 1 aliphatic heterocycles. The summed E-state index contributed by atoms with van der Waals surface area (Å²) in [5, 5.41) is 2.60. The van der Waals surface area contributed by atoms with Crippen LogP contribution in [0.4, 0.5) is 4.39 Å². The van der Waals surface area contributed by atoms with Crippen LogP contribution in [-0.4, -0.2) is 36.9 Å². The van der Waals surface area contributed by atoms with Gasteiger partial charge < -0.3 is 9.47 Å². The van der Waals surface area contributed by atoms with Gasteiger partial charge in [-0.15, -0.1) is 11.3 Å². The number of methoxy groups -OCH3 is 2. The molecule has 1 aromatic heterocycles. The maximum atomic E-state index is 13.7. The molecule has 0 saturated heterocycles. The van der Waals surface area contributed by atoms with Crippen LogP contribution in [0.2, 0.25) is 0 Å². The summed E-state index contributed by atoms with van der Waals surface area (Å²) < 4.78 is 23.7. The van der Waals surface area contributed by atoms with Crippen molar-refractivity contribution in [3.63, 3.8) is 0 Å². The Balaban J connectivity index is 1.79. The number of rotatable bonds is 5. The molecule has 0 bridgehead atoms. The lowest BCUT2D eigenvalue weighted by Crippen LogP contribution is -2.36. The summed E-state index contributed by atoms with van der Waals surface area (Å²) >= 11 is 1.43. The molecule has 0 aliphatic carbocycles. The highest BCUT2D eigenvalue weighted by Crippen LogP contribution is 2.41. The monoisotopic (exact) mass is 478 g/mol. The third-order valence-corrected chi connectivity index (χ3v) is 6.70. The van der Waals surface area contributed by atoms with E-state index < -0.39 is 23.8 Å². The fourth-order valence-corrected chi connectivity index (χ4v) is 5.08. The second-order valence-corrected chi connectivity index (χ2v) is 8.75. The van der Waals surface area contributed by atoms with Crippen LogP contribution < -0.4 is 0 Å². The third kappa shape index (κ3) is 4.41. The van der Waals surface area contributed by atoms with Crippen molar-refractivity contribution in [2.45, 2.75) is 19.8 Å². The van der Waals surface area contributed by atoms with Crippen LogP contribution in [0, 0.1) is 11.7 Å². The molecule has 4 rings (SSSR count). The molecule has 6 nitrogen and oxygen atoms in total. The van der Waals surface area contributed by atoms with Crippen molar-refractivity contribution in [3.8, 4) is 21.8 Å². The summed E-state index contributed by atoms with van der Waals surface area (Å²) in [5.41, 5.74) is 4.30. The first-order valence-electron chi connectivity index (χ1n) is 10.6. The lowest BCUT2D eigenvalue weighted by Gasteiger charge is -2.31. The molecule has 1 aliphatic rings. The van der Waals surface area contributed by atoms with Crippen molar-refractivity contribution < 1.29 is 23.5 Å². The van der Waals surface area contributed by atoms with Crippen molar-refractivity contribution in [1.29, 1.82) is 0 Å². The normalized spacial score (nSPS) is 17.9. The van der Waals surface area contributed by atoms with Crippen molar-refractivity contribution in [2.24, 2.45) is 10.9 Å². The first kappa shape index (κ1) is 23.5. The smallest absolute Gasteiger partial charge is 0.336 e. The van der Waals surface area contributed by atoms with Gasteiger partial charge in [0.25, 0.3) is 0 Å². The molecular weight excluding hydrogens is 455 g/mol. The second-order valence-electron chi connectivity index (χ2n) is 7.90. The Hall–Kier alpha value is -3.65. The van der Waals surface area contributed by atoms with Crippen LogP contribution in [-0.2, 0) is 19.1 Å². The standard InChI is InChI=1S/C26H23FN2O4S/c1-14-21(25(30)32-3)23(22(15(2)28-14)26(31)33-4)17-8-5-9-18(11-17)24-29-20(13-34-24)16-7-6-10-19(27)12-16/h5-13,21,23H,1-4H3. The van der Waals surface area contributed by atoms with Crippen LogP contribution in [0.15, 0.2) is 70.2 Å². The van der Waals surface area contributed by atoms with Gasteiger partial charge in [0.05, 0.1) is 25.5 Å². The number of thiazole rings is 1. The van der Waals surface area contributed by atoms with Gasteiger partial charge in [0.15, 0.2) is 0 Å². The van der Waals surface area contributed by atoms with Crippen molar-refractivity contribution >= 4 is 29.0 Å². The average Bonchev–Trinajstić information content (AvgIpc) is 3.33. The zero-order valence-electron chi connectivity index (χ0n) is 19.2. The van der Waals surface area contributed by atoms with Gasteiger partial charge in [0.1, 0.15) is 16.7 Å². The summed E-state index contributed by atoms with van der Waals surface area (Å²) in [5.74, 6) is -2.74. The predicted octanol–water partition coefficient (Wildman–Crippen LogP) is 5.41. The predicted molar refractivity (Wildman–Crippen MR) is 129 cm³/mol. The molecule has 0 saturated carbocycles. The van der Waals surface area contributed by atoms with Crippen molar-refractivity contribution in [3.05, 3.63) is 76.6 Å². The van der Waals surface area contributed by atoms with E-state index in [1.54, 1.807) is 26.0 Å². The number of allylic oxidation sites excluding steroid dienone is 1. The fourth-order valence-electron chi connectivity index (χ4n) is 4.26. The zero-order chi connectivity index (χ0) is 24.4. The van der Waals surface area contributed by atoms with Crippen molar-refractivity contribution in [2.75, 3.05) is 14.2 Å². The number of hydrogen-bond donors (Lipinski definition) is 0. The molecule has 3 aromatic rings. The molecule has 8 heteroatoms. The summed E-state index contributed by atoms with van der Waals surface area (Å²) in [7, 11) is 2.62. The van der Waals surface area contributed by atoms with Crippen LogP contribution in [0.5, 0.6) is 0 Å². The number of benzene rings is 2. The summed E-state index contributed by atoms with van der Waals surface area (Å²) in [6.45, 7) is 3.48. The molecule has 34 heavy (non-hydrogen) atoms. The summed E-state index contributed by atoms with van der Waals surface area (Å²) in [6, 6.07) is 13.8. The highest BCUT2D eigenvalue weighted by Gasteiger charge is 2.42. The molecule has 0 amide bonds. The molecule has 0 radical (unpaired) electrons. The van der Waals surface area contributed by atoms with Gasteiger partial charge in [0.2, 0.25) is 0 Å². The molecule has 2 atom stereocenters. The van der Waals surface area contributed by atoms with Crippen LogP contribution in [0.3, 0.4) is 0 Å². The Kier molecular flexibility index (Phi) is 6.70. The fraction of sp³-hybridized carbons (Fsp3) is 0.231. The van der Waals surface area contributed by atoms with E-state index in [0.717, 1.165) is 16.1 Å². The minimum atomic E-state index is -0.766. The highest BCUT2D eigenvalue weighted by atomic mass is 32.1. The molecule has 0 N–H and O–H groups in total. The van der Waals surface area contributed by atoms with E-state index in [-0.39, 0.29) is 5.82 Å². The third-order valence-electron chi connectivity index (χ3n) is 5.81. The number of carbonyl (C=O) groups excluding carboxylic acids is 2. The first-order chi connectivity index (χ1) is 16.3. The topological polar surface area (TPSA) is 77.8 Å². The molecule has 0 spiro atoms. The lowest BCUT2D eigenvalue weighted by molar-refractivity contribution is -0.143. The minimum Gasteiger partial charge on any atom is -0.468 e. The maximum absolute atomic E-state index is 13.7. The van der Waals surface area contributed by atoms with E-state index in [4.69, 9.17) is 9.47 Å². The van der Waals surface area contributed by atoms with Gasteiger partial charge in [-0.25, -0.2) is 14.2 Å². The number of esters is 2. The van der Waals surface area contributed by atoms with Gasteiger partial charge in [0, 0.05) is 33.8 Å². The zero-order valence-corrected chi connectivity index (χ0v) is 20.0. The number of ether oxygens (including phenoxy) is 2. The van der Waals surface area contributed by atoms with Gasteiger partial charge in [-0.3, -0.25) is 9.79 Å². The minimum absolute atomic E-state index is 0.320. The van der Waals surface area contributed by atoms with Crippen LogP contribution in [0.1, 0.15) is 25.3 Å². The molecule has 2 unspecified atom stereocenters. The SMILES string of the molecule is COC(=O)C1=C(C)N=C(C)C(C(=O)OC)C1c1cccc(-c2nc(-c3cccc(F)c3)cs2)c1. The van der Waals surface area contributed by atoms with E-state index in [9.17, 15) is 14.0 Å². The van der Waals surface area contributed by atoms with Crippen molar-refractivity contribution in [1.82, 2.24) is 4.98 Å². The van der Waals surface area contributed by atoms with E-state index >= 15 is 0 Å². The van der Waals surface area contributed by atoms with Crippen LogP contribution >= 0.6 is 11.3 Å². The number of carbonyl (C=O) groups is 2. The van der Waals surface area contributed by atoms with Crippen LogP contribution in [0.25, 0.3) is 21.8 Å². The highest BCUT2D eigenvalue weighted by molar-refractivity contribution is 7.13. The van der Waals surface area contributed by atoms with E-state index in [0.29, 0.717) is 28.2 Å². The first-order valence-corrected chi connectivity index (χ1v) is 11.5. The number of halogens is 1. The van der Waals surface area contributed by atoms with E-state index in [1.165, 1.54) is 37.7 Å². The average molecular weight is 479 g/mol. The van der Waals surface area contributed by atoms with Gasteiger partial charge >= 0.3 is 11.9 Å². The quantitative estimate of drug-likeness (QED) is 0.458. The largest absolute Gasteiger partial charge is 0.468 e. The molecule has 0 fully saturated rings. The van der Waals surface area contributed by atoms with E-state index in [1.807, 2.05) is 29.6 Å². The lowest BCUT2D eigenvalue weighted by atomic mass is 9.75. The number of aliphatic imine (C=N–C) groups is 1. The van der Waals surface area contributed by atoms with Gasteiger partial charge in [-0.2, -0.15) is 0 Å².